The fourth-order valence-corrected chi connectivity index (χ4v) is 0.632. The number of unbranched alkanes of at least 4 members (excludes halogenated alkanes) is 1. The van der Waals surface area contributed by atoms with E-state index in [4.69, 9.17) is 16.6 Å². The van der Waals surface area contributed by atoms with Gasteiger partial charge in [0.25, 0.3) is 0 Å². The van der Waals surface area contributed by atoms with Crippen molar-refractivity contribution in [1.29, 1.82) is 0 Å². The number of hydrogen-bond acceptors (Lipinski definition) is 3. The van der Waals surface area contributed by atoms with Crippen LogP contribution in [0, 0.1) is 0 Å². The molecule has 1 atom stereocenters. The second-order valence-corrected chi connectivity index (χ2v) is 2.23. The van der Waals surface area contributed by atoms with Gasteiger partial charge in [-0.05, 0) is 19.4 Å². The molecule has 0 aliphatic carbocycles. The lowest BCUT2D eigenvalue weighted by Gasteiger charge is -2.03. The molecule has 11 heavy (non-hydrogen) atoms. The summed E-state index contributed by atoms with van der Waals surface area (Å²) in [7, 11) is 0. The molecule has 0 amide bonds. The number of carboxylic acids is 1. The minimum atomic E-state index is -0.933. The van der Waals surface area contributed by atoms with Crippen LogP contribution in [0.5, 0.6) is 0 Å². The summed E-state index contributed by atoms with van der Waals surface area (Å²) in [5, 5.41) is 8.33. The van der Waals surface area contributed by atoms with Gasteiger partial charge in [-0.2, -0.15) is 0 Å². The van der Waals surface area contributed by atoms with Crippen LogP contribution in [0.1, 0.15) is 19.3 Å². The lowest BCUT2D eigenvalue weighted by atomic mass is 10.1. The fourth-order valence-electron chi connectivity index (χ4n) is 0.632. The Bertz CT molecular complexity index is 111. The topological polar surface area (TPSA) is 89.3 Å². The van der Waals surface area contributed by atoms with Gasteiger partial charge in [0.15, 0.2) is 17.4 Å². The first-order chi connectivity index (χ1) is 4.68. The summed E-state index contributed by atoms with van der Waals surface area (Å²) in [6.45, 7) is 0.604. The van der Waals surface area contributed by atoms with Crippen molar-refractivity contribution in [2.45, 2.75) is 25.3 Å². The first-order valence-corrected chi connectivity index (χ1v) is 3.37. The van der Waals surface area contributed by atoms with Crippen LogP contribution in [0.4, 0.5) is 0 Å². The zero-order chi connectivity index (χ0) is 7.98. The highest BCUT2D eigenvalue weighted by Gasteiger charge is 2.09. The Balaban J connectivity index is 0. The number of aliphatic carboxylic acids is 1. The quantitative estimate of drug-likeness (QED) is 0.345. The Morgan fingerprint density at radius 2 is 2.00 bits per heavy atom. The van der Waals surface area contributed by atoms with Crippen LogP contribution in [0.25, 0.3) is 0 Å². The highest BCUT2D eigenvalue weighted by atomic mass is 27.0. The standard InChI is InChI=1S/C6H14N2O2.Al.3H/c7-4-2-1-3-5(8)6(9)10;;;;/h5H,1-4,7-8H2,(H,9,10);;;;. The number of carboxylic acid groups (broad SMARTS) is 1. The van der Waals surface area contributed by atoms with Crippen LogP contribution in [0.15, 0.2) is 0 Å². The number of carbonyl (C=O) groups is 1. The van der Waals surface area contributed by atoms with Crippen molar-refractivity contribution < 1.29 is 9.90 Å². The maximum absolute atomic E-state index is 10.1. The third-order valence-electron chi connectivity index (χ3n) is 1.29. The van der Waals surface area contributed by atoms with Gasteiger partial charge < -0.3 is 16.6 Å². The van der Waals surface area contributed by atoms with Crippen LogP contribution >= 0.6 is 0 Å². The summed E-state index contributed by atoms with van der Waals surface area (Å²) in [5.74, 6) is -0.933. The summed E-state index contributed by atoms with van der Waals surface area (Å²) < 4.78 is 0. The molecule has 0 bridgehead atoms. The molecule has 0 radical (unpaired) electrons. The molecule has 0 saturated carbocycles. The molecule has 0 aliphatic rings. The molecule has 0 aliphatic heterocycles. The second kappa shape index (κ2) is 8.02. The average molecular weight is 176 g/mol. The van der Waals surface area contributed by atoms with E-state index in [0.717, 1.165) is 12.8 Å². The van der Waals surface area contributed by atoms with E-state index in [2.05, 4.69) is 0 Å². The molecule has 4 nitrogen and oxygen atoms in total. The number of rotatable bonds is 5. The highest BCUT2D eigenvalue weighted by molar-refractivity contribution is 5.75. The van der Waals surface area contributed by atoms with E-state index in [1.54, 1.807) is 0 Å². The third kappa shape index (κ3) is 7.82. The molecule has 0 aromatic heterocycles. The molecule has 0 aromatic carbocycles. The normalized spacial score (nSPS) is 11.8. The van der Waals surface area contributed by atoms with Crippen LogP contribution < -0.4 is 11.5 Å². The van der Waals surface area contributed by atoms with Gasteiger partial charge in [-0.15, -0.1) is 0 Å². The Hall–Kier alpha value is -0.0775. The van der Waals surface area contributed by atoms with E-state index >= 15 is 0 Å². The Morgan fingerprint density at radius 1 is 1.45 bits per heavy atom. The summed E-state index contributed by atoms with van der Waals surface area (Å²) in [6, 6.07) is -0.716. The van der Waals surface area contributed by atoms with E-state index in [1.807, 2.05) is 0 Å². The molecule has 5 N–H and O–H groups in total. The van der Waals surface area contributed by atoms with Crippen LogP contribution in [-0.4, -0.2) is 41.0 Å². The smallest absolute Gasteiger partial charge is 0.320 e. The predicted octanol–water partition coefficient (Wildman–Crippen LogP) is -1.66. The largest absolute Gasteiger partial charge is 0.480 e. The van der Waals surface area contributed by atoms with Gasteiger partial charge in [0.05, 0.1) is 0 Å². The third-order valence-corrected chi connectivity index (χ3v) is 1.29. The van der Waals surface area contributed by atoms with Crippen LogP contribution in [0.2, 0.25) is 0 Å². The zero-order valence-electron chi connectivity index (χ0n) is 5.92. The average Bonchev–Trinajstić information content (AvgIpc) is 1.88. The molecule has 0 spiro atoms. The SMILES string of the molecule is NCCCCC(N)C(=O)O.[AlH3]. The van der Waals surface area contributed by atoms with Crippen LogP contribution in [0.3, 0.4) is 0 Å². The van der Waals surface area contributed by atoms with Crippen molar-refractivity contribution in [2.75, 3.05) is 6.54 Å². The van der Waals surface area contributed by atoms with Gasteiger partial charge in [0.2, 0.25) is 0 Å². The summed E-state index contributed by atoms with van der Waals surface area (Å²) >= 11 is 0. The van der Waals surface area contributed by atoms with Crippen molar-refractivity contribution >= 4 is 23.3 Å². The molecule has 1 unspecified atom stereocenters. The number of nitrogens with two attached hydrogens (primary N) is 2. The predicted molar refractivity (Wildman–Crippen MR) is 48.5 cm³/mol. The fraction of sp³-hybridized carbons (Fsp3) is 0.833. The van der Waals surface area contributed by atoms with Crippen LogP contribution in [-0.2, 0) is 4.79 Å². The highest BCUT2D eigenvalue weighted by Crippen LogP contribution is 1.96. The van der Waals surface area contributed by atoms with Crippen molar-refractivity contribution in [1.82, 2.24) is 0 Å². The molecule has 0 saturated heterocycles. The van der Waals surface area contributed by atoms with E-state index < -0.39 is 12.0 Å². The minimum Gasteiger partial charge on any atom is -0.480 e. The maximum atomic E-state index is 10.1. The van der Waals surface area contributed by atoms with Gasteiger partial charge in [0.1, 0.15) is 6.04 Å². The summed E-state index contributed by atoms with van der Waals surface area (Å²) in [5.41, 5.74) is 10.4. The molecule has 5 heteroatoms. The molecule has 0 fully saturated rings. The van der Waals surface area contributed by atoms with E-state index in [9.17, 15) is 4.79 Å². The first kappa shape index (κ1) is 13.5. The molecular weight excluding hydrogens is 159 g/mol. The monoisotopic (exact) mass is 176 g/mol. The molecule has 0 heterocycles. The van der Waals surface area contributed by atoms with Gasteiger partial charge in [-0.3, -0.25) is 4.79 Å². The van der Waals surface area contributed by atoms with Crippen molar-refractivity contribution in [3.63, 3.8) is 0 Å². The van der Waals surface area contributed by atoms with Gasteiger partial charge in [-0.25, -0.2) is 0 Å². The Morgan fingerprint density at radius 3 is 2.36 bits per heavy atom. The van der Waals surface area contributed by atoms with E-state index in [0.29, 0.717) is 13.0 Å². The first-order valence-electron chi connectivity index (χ1n) is 3.37. The number of hydrogen-bond donors (Lipinski definition) is 3. The molecule has 0 rings (SSSR count). The second-order valence-electron chi connectivity index (χ2n) is 2.23. The molecular formula is C6H17AlN2O2. The van der Waals surface area contributed by atoms with E-state index in [-0.39, 0.29) is 17.4 Å². The molecule has 66 valence electrons. The Labute approximate surface area is 77.1 Å². The maximum Gasteiger partial charge on any atom is 0.320 e. The summed E-state index contributed by atoms with van der Waals surface area (Å²) in [4.78, 5) is 10.1. The molecule has 0 aromatic rings. The lowest BCUT2D eigenvalue weighted by molar-refractivity contribution is -0.138. The van der Waals surface area contributed by atoms with E-state index in [1.165, 1.54) is 0 Å². The van der Waals surface area contributed by atoms with Gasteiger partial charge >= 0.3 is 5.97 Å². The van der Waals surface area contributed by atoms with Crippen molar-refractivity contribution in [3.05, 3.63) is 0 Å². The van der Waals surface area contributed by atoms with Gasteiger partial charge in [0, 0.05) is 0 Å². The summed E-state index contributed by atoms with van der Waals surface area (Å²) in [6.07, 6.45) is 2.16. The van der Waals surface area contributed by atoms with Crippen molar-refractivity contribution in [3.8, 4) is 0 Å². The van der Waals surface area contributed by atoms with Crippen molar-refractivity contribution in [2.24, 2.45) is 11.5 Å². The minimum absolute atomic E-state index is 0. The lowest BCUT2D eigenvalue weighted by Crippen LogP contribution is -2.29. The zero-order valence-corrected chi connectivity index (χ0v) is 5.92. The Kier molecular flexibility index (Phi) is 9.85. The van der Waals surface area contributed by atoms with Gasteiger partial charge in [-0.1, -0.05) is 6.42 Å².